The van der Waals surface area contributed by atoms with Gasteiger partial charge in [-0.1, -0.05) is 54.1 Å². The second kappa shape index (κ2) is 13.5. The summed E-state index contributed by atoms with van der Waals surface area (Å²) in [4.78, 5) is 19.1. The molecule has 0 bridgehead atoms. The summed E-state index contributed by atoms with van der Waals surface area (Å²) in [5, 5.41) is 14.2. The van der Waals surface area contributed by atoms with Gasteiger partial charge < -0.3 is 30.4 Å². The molecule has 12 heteroatoms. The number of hydrogen-bond acceptors (Lipinski definition) is 9. The van der Waals surface area contributed by atoms with Gasteiger partial charge in [0.1, 0.15) is 6.10 Å². The quantitative estimate of drug-likeness (QED) is 0.266. The Bertz CT molecular complexity index is 1240. The molecule has 1 aliphatic carbocycles. The molecule has 3 aliphatic rings. The van der Waals surface area contributed by atoms with E-state index in [0.29, 0.717) is 12.3 Å². The highest BCUT2D eigenvalue weighted by Crippen LogP contribution is 2.33. The number of amides is 1. The average molecular weight is 590 g/mol. The monoisotopic (exact) mass is 589 g/mol. The van der Waals surface area contributed by atoms with Crippen molar-refractivity contribution in [2.45, 2.75) is 80.5 Å². The second-order valence-electron chi connectivity index (χ2n) is 10.9. The third kappa shape index (κ3) is 7.56. The predicted octanol–water partition coefficient (Wildman–Crippen LogP) is 2.98. The van der Waals surface area contributed by atoms with E-state index in [9.17, 15) is 18.3 Å². The van der Waals surface area contributed by atoms with Gasteiger partial charge in [0.15, 0.2) is 6.29 Å². The summed E-state index contributed by atoms with van der Waals surface area (Å²) in [7, 11) is -4.15. The standard InChI is InChI=1S/C29H39N3O8S/c30-21-11-13-23(14-12-21)41(35,36)32(40-22-9-5-2-6-10-22)18-26(33)25(17-20-7-3-1-4-8-20)31-29(34)39-27-19-38-28-24(27)15-16-37-28/h1,3-4,7-8,11-14,22,24-28,33H,2,5-6,9-10,15-19,30H2,(H,31,34)/t24?,25-,26+,27?,28?/m0/s1. The van der Waals surface area contributed by atoms with Crippen LogP contribution in [0.4, 0.5) is 10.5 Å². The van der Waals surface area contributed by atoms with Crippen molar-refractivity contribution in [3.05, 3.63) is 60.2 Å². The van der Waals surface area contributed by atoms with Gasteiger partial charge in [0.2, 0.25) is 0 Å². The first kappa shape index (κ1) is 29.7. The Hall–Kier alpha value is -2.74. The Morgan fingerprint density at radius 3 is 2.51 bits per heavy atom. The van der Waals surface area contributed by atoms with Crippen LogP contribution in [0.15, 0.2) is 59.5 Å². The molecule has 1 saturated carbocycles. The van der Waals surface area contributed by atoms with E-state index < -0.39 is 40.9 Å². The summed E-state index contributed by atoms with van der Waals surface area (Å²) in [5.41, 5.74) is 7.06. The van der Waals surface area contributed by atoms with Crippen molar-refractivity contribution in [3.8, 4) is 0 Å². The number of hydroxylamine groups is 1. The van der Waals surface area contributed by atoms with Gasteiger partial charge in [0, 0.05) is 5.69 Å². The number of aliphatic hydroxyl groups is 1. The zero-order valence-corrected chi connectivity index (χ0v) is 23.8. The third-order valence-corrected chi connectivity index (χ3v) is 9.55. The minimum Gasteiger partial charge on any atom is -0.443 e. The number of alkyl carbamates (subject to hydrolysis) is 1. The van der Waals surface area contributed by atoms with E-state index in [2.05, 4.69) is 5.32 Å². The highest BCUT2D eigenvalue weighted by atomic mass is 32.2. The first-order valence-electron chi connectivity index (χ1n) is 14.3. The van der Waals surface area contributed by atoms with Crippen molar-refractivity contribution in [2.24, 2.45) is 5.92 Å². The van der Waals surface area contributed by atoms with Crippen LogP contribution < -0.4 is 11.1 Å². The van der Waals surface area contributed by atoms with E-state index in [1.807, 2.05) is 30.3 Å². The molecule has 5 atom stereocenters. The SMILES string of the molecule is Nc1ccc(S(=O)(=O)N(C[C@@H](O)[C@H](Cc2ccccc2)NC(=O)OC2COC3OCCC23)OC2CCCCC2)cc1. The Kier molecular flexibility index (Phi) is 9.79. The molecule has 0 aromatic heterocycles. The number of nitrogens with one attached hydrogen (secondary N) is 1. The maximum absolute atomic E-state index is 13.7. The van der Waals surface area contributed by atoms with Gasteiger partial charge in [-0.15, -0.1) is 0 Å². The molecule has 1 amide bonds. The number of carbonyl (C=O) groups excluding carboxylic acids is 1. The van der Waals surface area contributed by atoms with Crippen molar-refractivity contribution >= 4 is 21.8 Å². The smallest absolute Gasteiger partial charge is 0.407 e. The lowest BCUT2D eigenvalue weighted by molar-refractivity contribution is -0.156. The Morgan fingerprint density at radius 1 is 1.05 bits per heavy atom. The number of benzene rings is 2. The summed E-state index contributed by atoms with van der Waals surface area (Å²) >= 11 is 0. The summed E-state index contributed by atoms with van der Waals surface area (Å²) in [6.45, 7) is 0.384. The maximum Gasteiger partial charge on any atom is 0.407 e. The van der Waals surface area contributed by atoms with Crippen LogP contribution in [-0.4, -0.2) is 74.5 Å². The molecule has 3 fully saturated rings. The number of anilines is 1. The number of nitrogen functional groups attached to an aromatic ring is 1. The molecular formula is C29H39N3O8S. The molecule has 2 aromatic carbocycles. The lowest BCUT2D eigenvalue weighted by atomic mass is 9.98. The van der Waals surface area contributed by atoms with Crippen molar-refractivity contribution in [3.63, 3.8) is 0 Å². The van der Waals surface area contributed by atoms with Crippen molar-refractivity contribution in [1.82, 2.24) is 9.79 Å². The lowest BCUT2D eigenvalue weighted by Crippen LogP contribution is -2.51. The normalized spacial score (nSPS) is 24.6. The van der Waals surface area contributed by atoms with E-state index in [-0.39, 0.29) is 36.2 Å². The number of carbonyl (C=O) groups is 1. The number of sulfonamides is 1. The summed E-state index contributed by atoms with van der Waals surface area (Å²) < 4.78 is 45.0. The van der Waals surface area contributed by atoms with E-state index >= 15 is 0 Å². The van der Waals surface area contributed by atoms with Gasteiger partial charge in [-0.25, -0.2) is 13.2 Å². The maximum atomic E-state index is 13.7. The Morgan fingerprint density at radius 2 is 1.78 bits per heavy atom. The van der Waals surface area contributed by atoms with Gasteiger partial charge in [-0.3, -0.25) is 4.84 Å². The van der Waals surface area contributed by atoms with Crippen LogP contribution in [0.25, 0.3) is 0 Å². The van der Waals surface area contributed by atoms with Crippen LogP contribution in [0, 0.1) is 5.92 Å². The molecule has 4 N–H and O–H groups in total. The van der Waals surface area contributed by atoms with Gasteiger partial charge in [0.25, 0.3) is 10.0 Å². The van der Waals surface area contributed by atoms with Gasteiger partial charge in [-0.2, -0.15) is 0 Å². The predicted molar refractivity (Wildman–Crippen MR) is 150 cm³/mol. The largest absolute Gasteiger partial charge is 0.443 e. The van der Waals surface area contributed by atoms with Crippen LogP contribution in [0.5, 0.6) is 0 Å². The molecule has 2 saturated heterocycles. The Labute approximate surface area is 240 Å². The average Bonchev–Trinajstić information content (AvgIpc) is 3.59. The first-order valence-corrected chi connectivity index (χ1v) is 15.7. The minimum absolute atomic E-state index is 0.00346. The summed E-state index contributed by atoms with van der Waals surface area (Å²) in [5.74, 6) is -0.0392. The van der Waals surface area contributed by atoms with E-state index in [0.717, 1.165) is 48.6 Å². The second-order valence-corrected chi connectivity index (χ2v) is 12.7. The number of ether oxygens (including phenoxy) is 3. The molecule has 41 heavy (non-hydrogen) atoms. The van der Waals surface area contributed by atoms with Crippen LogP contribution in [0.3, 0.4) is 0 Å². The Balaban J connectivity index is 1.34. The topological polar surface area (TPSA) is 150 Å². The third-order valence-electron chi connectivity index (χ3n) is 7.91. The minimum atomic E-state index is -4.15. The number of aliphatic hydroxyl groups excluding tert-OH is 1. The molecule has 0 spiro atoms. The zero-order valence-electron chi connectivity index (χ0n) is 23.0. The van der Waals surface area contributed by atoms with Crippen LogP contribution >= 0.6 is 0 Å². The van der Waals surface area contributed by atoms with Gasteiger partial charge in [0.05, 0.1) is 48.8 Å². The van der Waals surface area contributed by atoms with E-state index in [4.69, 9.17) is 24.8 Å². The molecule has 0 radical (unpaired) electrons. The summed E-state index contributed by atoms with van der Waals surface area (Å²) in [6, 6.07) is 14.3. The number of fused-ring (bicyclic) bond motifs is 1. The lowest BCUT2D eigenvalue weighted by Gasteiger charge is -2.32. The number of nitrogens with two attached hydrogens (primary N) is 1. The zero-order chi connectivity index (χ0) is 28.8. The molecule has 5 rings (SSSR count). The van der Waals surface area contributed by atoms with Crippen molar-refractivity contribution in [1.29, 1.82) is 0 Å². The van der Waals surface area contributed by atoms with Crippen molar-refractivity contribution < 1.29 is 37.4 Å². The molecule has 2 aromatic rings. The van der Waals surface area contributed by atoms with Gasteiger partial charge >= 0.3 is 6.09 Å². The molecule has 2 aliphatic heterocycles. The highest BCUT2D eigenvalue weighted by molar-refractivity contribution is 7.89. The number of rotatable bonds is 11. The van der Waals surface area contributed by atoms with Crippen LogP contribution in [0.1, 0.15) is 44.1 Å². The fourth-order valence-electron chi connectivity index (χ4n) is 5.59. The van der Waals surface area contributed by atoms with E-state index in [1.165, 1.54) is 24.3 Å². The molecule has 11 nitrogen and oxygen atoms in total. The van der Waals surface area contributed by atoms with E-state index in [1.54, 1.807) is 0 Å². The first-order chi connectivity index (χ1) is 19.8. The number of hydrogen-bond donors (Lipinski definition) is 3. The van der Waals surface area contributed by atoms with Crippen LogP contribution in [0.2, 0.25) is 0 Å². The number of nitrogens with zero attached hydrogens (tertiary/aromatic N) is 1. The molecule has 2 heterocycles. The highest BCUT2D eigenvalue weighted by Gasteiger charge is 2.44. The fraction of sp³-hybridized carbons (Fsp3) is 0.552. The summed E-state index contributed by atoms with van der Waals surface area (Å²) in [6.07, 6.45) is 2.18. The molecular weight excluding hydrogens is 550 g/mol. The van der Waals surface area contributed by atoms with Crippen molar-refractivity contribution in [2.75, 3.05) is 25.5 Å². The molecule has 3 unspecified atom stereocenters. The fourth-order valence-corrected chi connectivity index (χ4v) is 6.89. The molecule has 224 valence electrons. The van der Waals surface area contributed by atoms with Gasteiger partial charge in [-0.05, 0) is 55.5 Å². The van der Waals surface area contributed by atoms with Crippen LogP contribution in [-0.2, 0) is 35.5 Å².